The lowest BCUT2D eigenvalue weighted by Gasteiger charge is -2.13. The first-order valence-electron chi connectivity index (χ1n) is 8.49. The van der Waals surface area contributed by atoms with Gasteiger partial charge in [-0.2, -0.15) is 11.3 Å². The maximum absolute atomic E-state index is 12.1. The molecule has 0 radical (unpaired) electrons. The molecule has 1 aromatic carbocycles. The van der Waals surface area contributed by atoms with E-state index in [0.29, 0.717) is 24.6 Å². The quantitative estimate of drug-likeness (QED) is 0.561. The zero-order valence-electron chi connectivity index (χ0n) is 14.4. The van der Waals surface area contributed by atoms with E-state index in [1.54, 1.807) is 11.3 Å². The van der Waals surface area contributed by atoms with E-state index in [9.17, 15) is 4.79 Å². The fourth-order valence-electron chi connectivity index (χ4n) is 2.53. The third-order valence-corrected chi connectivity index (χ3v) is 5.20. The second-order valence-corrected chi connectivity index (χ2v) is 7.84. The molecule has 0 saturated heterocycles. The van der Waals surface area contributed by atoms with E-state index in [4.69, 9.17) is 4.42 Å². The second-order valence-electron chi connectivity index (χ2n) is 6.15. The maximum Gasteiger partial charge on any atom is 0.248 e. The van der Waals surface area contributed by atoms with Crippen LogP contribution in [0, 0.1) is 0 Å². The molecule has 0 aliphatic heterocycles. The minimum absolute atomic E-state index is 0.00332. The lowest BCUT2D eigenvalue weighted by atomic mass is 10.1. The largest absolute Gasteiger partial charge is 0.421 e. The SMILES string of the molecule is CC(CCc1ccc(Br)cc1)NC(=O)CCc1nnc(-c2ccsc2)o1. The molecule has 1 unspecified atom stereocenters. The highest BCUT2D eigenvalue weighted by atomic mass is 79.9. The summed E-state index contributed by atoms with van der Waals surface area (Å²) >= 11 is 5.01. The standard InChI is InChI=1S/C19H20BrN3O2S/c1-13(2-3-14-4-6-16(20)7-5-14)21-17(24)8-9-18-22-23-19(25-18)15-10-11-26-12-15/h4-7,10-13H,2-3,8-9H2,1H3,(H,21,24). The third-order valence-electron chi connectivity index (χ3n) is 3.99. The van der Waals surface area contributed by atoms with Gasteiger partial charge in [-0.1, -0.05) is 28.1 Å². The first-order chi connectivity index (χ1) is 12.6. The number of nitrogens with zero attached hydrogens (tertiary/aromatic N) is 2. The van der Waals surface area contributed by atoms with Crippen LogP contribution in [0.3, 0.4) is 0 Å². The summed E-state index contributed by atoms with van der Waals surface area (Å²) in [5.41, 5.74) is 2.18. The Hall–Kier alpha value is -1.99. The van der Waals surface area contributed by atoms with Crippen molar-refractivity contribution in [3.05, 3.63) is 57.0 Å². The Labute approximate surface area is 165 Å². The Morgan fingerprint density at radius 1 is 1.23 bits per heavy atom. The number of benzene rings is 1. The predicted octanol–water partition coefficient (Wildman–Crippen LogP) is 4.63. The molecule has 1 atom stereocenters. The van der Waals surface area contributed by atoms with Crippen molar-refractivity contribution < 1.29 is 9.21 Å². The zero-order chi connectivity index (χ0) is 18.4. The highest BCUT2D eigenvalue weighted by Crippen LogP contribution is 2.20. The maximum atomic E-state index is 12.1. The lowest BCUT2D eigenvalue weighted by Crippen LogP contribution is -2.33. The highest BCUT2D eigenvalue weighted by molar-refractivity contribution is 9.10. The van der Waals surface area contributed by atoms with Crippen LogP contribution in [0.5, 0.6) is 0 Å². The minimum atomic E-state index is 0.00332. The van der Waals surface area contributed by atoms with Crippen molar-refractivity contribution in [2.75, 3.05) is 0 Å². The number of aryl methyl sites for hydroxylation is 2. The molecule has 1 N–H and O–H groups in total. The Morgan fingerprint density at radius 2 is 2.04 bits per heavy atom. The van der Waals surface area contributed by atoms with Gasteiger partial charge in [0.1, 0.15) is 0 Å². The number of hydrogen-bond donors (Lipinski definition) is 1. The van der Waals surface area contributed by atoms with Crippen molar-refractivity contribution in [1.82, 2.24) is 15.5 Å². The van der Waals surface area contributed by atoms with Crippen LogP contribution in [0.15, 0.2) is 50.0 Å². The summed E-state index contributed by atoms with van der Waals surface area (Å²) in [6.07, 6.45) is 2.62. The molecule has 0 spiro atoms. The molecule has 26 heavy (non-hydrogen) atoms. The van der Waals surface area contributed by atoms with Crippen LogP contribution in [0.1, 0.15) is 31.2 Å². The molecule has 1 amide bonds. The van der Waals surface area contributed by atoms with Gasteiger partial charge < -0.3 is 9.73 Å². The van der Waals surface area contributed by atoms with Gasteiger partial charge >= 0.3 is 0 Å². The molecule has 2 aromatic heterocycles. The van der Waals surface area contributed by atoms with Gasteiger partial charge in [0.2, 0.25) is 17.7 Å². The monoisotopic (exact) mass is 433 g/mol. The van der Waals surface area contributed by atoms with Gasteiger partial charge in [-0.05, 0) is 48.9 Å². The molecule has 0 aliphatic rings. The third kappa shape index (κ3) is 5.51. The Balaban J connectivity index is 1.40. The molecule has 5 nitrogen and oxygen atoms in total. The molecular weight excluding hydrogens is 414 g/mol. The van der Waals surface area contributed by atoms with Gasteiger partial charge in [0.15, 0.2) is 0 Å². The van der Waals surface area contributed by atoms with Crippen LogP contribution in [0.4, 0.5) is 0 Å². The van der Waals surface area contributed by atoms with Crippen molar-refractivity contribution >= 4 is 33.2 Å². The summed E-state index contributed by atoms with van der Waals surface area (Å²) in [7, 11) is 0. The molecule has 0 bridgehead atoms. The van der Waals surface area contributed by atoms with Crippen LogP contribution in [0.2, 0.25) is 0 Å². The smallest absolute Gasteiger partial charge is 0.248 e. The number of carbonyl (C=O) groups is 1. The number of halogens is 1. The summed E-state index contributed by atoms with van der Waals surface area (Å²) in [6, 6.07) is 10.3. The van der Waals surface area contributed by atoms with Crippen molar-refractivity contribution in [3.63, 3.8) is 0 Å². The fourth-order valence-corrected chi connectivity index (χ4v) is 3.43. The Bertz CT molecular complexity index is 831. The Kier molecular flexibility index (Phi) is 6.57. The fraction of sp³-hybridized carbons (Fsp3) is 0.316. The predicted molar refractivity (Wildman–Crippen MR) is 106 cm³/mol. The van der Waals surface area contributed by atoms with Gasteiger partial charge in [0.05, 0.1) is 0 Å². The van der Waals surface area contributed by atoms with Crippen molar-refractivity contribution in [2.45, 2.75) is 38.6 Å². The summed E-state index contributed by atoms with van der Waals surface area (Å²) in [5, 5.41) is 15.0. The summed E-state index contributed by atoms with van der Waals surface area (Å²) in [6.45, 7) is 2.03. The van der Waals surface area contributed by atoms with Gasteiger partial charge in [0.25, 0.3) is 0 Å². The summed E-state index contributed by atoms with van der Waals surface area (Å²) in [4.78, 5) is 12.1. The van der Waals surface area contributed by atoms with Gasteiger partial charge in [0, 0.05) is 34.3 Å². The van der Waals surface area contributed by atoms with E-state index in [1.807, 2.05) is 35.9 Å². The molecule has 0 aliphatic carbocycles. The van der Waals surface area contributed by atoms with Crippen molar-refractivity contribution in [3.8, 4) is 11.5 Å². The normalized spacial score (nSPS) is 12.1. The Morgan fingerprint density at radius 3 is 2.77 bits per heavy atom. The second kappa shape index (κ2) is 9.09. The topological polar surface area (TPSA) is 68.0 Å². The molecule has 7 heteroatoms. The van der Waals surface area contributed by atoms with Crippen LogP contribution < -0.4 is 5.32 Å². The number of carbonyl (C=O) groups excluding carboxylic acids is 1. The van der Waals surface area contributed by atoms with E-state index >= 15 is 0 Å². The molecule has 3 aromatic rings. The molecule has 0 fully saturated rings. The average molecular weight is 434 g/mol. The number of thiophene rings is 1. The van der Waals surface area contributed by atoms with Crippen molar-refractivity contribution in [1.29, 1.82) is 0 Å². The van der Waals surface area contributed by atoms with Crippen LogP contribution in [0.25, 0.3) is 11.5 Å². The van der Waals surface area contributed by atoms with Gasteiger partial charge in [-0.25, -0.2) is 0 Å². The molecule has 136 valence electrons. The van der Waals surface area contributed by atoms with E-state index in [2.05, 4.69) is 43.6 Å². The minimum Gasteiger partial charge on any atom is -0.421 e. The number of rotatable bonds is 8. The average Bonchev–Trinajstić information content (AvgIpc) is 3.31. The molecule has 0 saturated carbocycles. The lowest BCUT2D eigenvalue weighted by molar-refractivity contribution is -0.121. The number of amides is 1. The van der Waals surface area contributed by atoms with E-state index in [0.717, 1.165) is 22.9 Å². The first kappa shape index (κ1) is 18.8. The van der Waals surface area contributed by atoms with E-state index in [1.165, 1.54) is 5.56 Å². The molecule has 2 heterocycles. The van der Waals surface area contributed by atoms with Crippen molar-refractivity contribution in [2.24, 2.45) is 0 Å². The summed E-state index contributed by atoms with van der Waals surface area (Å²) in [5.74, 6) is 0.997. The summed E-state index contributed by atoms with van der Waals surface area (Å²) < 4.78 is 6.67. The van der Waals surface area contributed by atoms with Crippen LogP contribution >= 0.6 is 27.3 Å². The van der Waals surface area contributed by atoms with E-state index in [-0.39, 0.29) is 11.9 Å². The number of hydrogen-bond acceptors (Lipinski definition) is 5. The van der Waals surface area contributed by atoms with E-state index < -0.39 is 0 Å². The highest BCUT2D eigenvalue weighted by Gasteiger charge is 2.12. The molecule has 3 rings (SSSR count). The number of nitrogens with one attached hydrogen (secondary N) is 1. The van der Waals surface area contributed by atoms with Crippen LogP contribution in [-0.4, -0.2) is 22.1 Å². The first-order valence-corrected chi connectivity index (χ1v) is 10.2. The van der Waals surface area contributed by atoms with Crippen LogP contribution in [-0.2, 0) is 17.6 Å². The zero-order valence-corrected chi connectivity index (χ0v) is 16.8. The van der Waals surface area contributed by atoms with Gasteiger partial charge in [-0.15, -0.1) is 10.2 Å². The van der Waals surface area contributed by atoms with Gasteiger partial charge in [-0.3, -0.25) is 4.79 Å². The molecular formula is C19H20BrN3O2S. The number of aromatic nitrogens is 2.